The van der Waals surface area contributed by atoms with Gasteiger partial charge in [-0.2, -0.15) is 0 Å². The molecule has 1 fully saturated rings. The molecule has 1 N–H and O–H groups in total. The van der Waals surface area contributed by atoms with Crippen LogP contribution in [0.25, 0.3) is 0 Å². The van der Waals surface area contributed by atoms with Gasteiger partial charge < -0.3 is 10.0 Å². The summed E-state index contributed by atoms with van der Waals surface area (Å²) < 4.78 is 0. The molecule has 1 aliphatic rings. The monoisotopic (exact) mass is 262 g/mol. The highest BCUT2D eigenvalue weighted by Crippen LogP contribution is 2.32. The fourth-order valence-electron chi connectivity index (χ4n) is 3.02. The van der Waals surface area contributed by atoms with Gasteiger partial charge in [0.2, 0.25) is 0 Å². The summed E-state index contributed by atoms with van der Waals surface area (Å²) in [6, 6.07) is 2.08. The fourth-order valence-corrected chi connectivity index (χ4v) is 3.02. The summed E-state index contributed by atoms with van der Waals surface area (Å²) in [7, 11) is 0. The standard InChI is InChI=1S/C15H22N2O2/c1-9-7-11(3)12(4)17(8-9)14-13(15(18)19)10(2)5-6-16-14/h5-6,9,11-12H,7-8H2,1-4H3,(H,18,19). The molecule has 0 amide bonds. The number of rotatable bonds is 2. The van der Waals surface area contributed by atoms with Crippen LogP contribution < -0.4 is 4.90 Å². The van der Waals surface area contributed by atoms with Gasteiger partial charge >= 0.3 is 5.97 Å². The van der Waals surface area contributed by atoms with Crippen molar-refractivity contribution >= 4 is 11.8 Å². The molecule has 0 saturated carbocycles. The van der Waals surface area contributed by atoms with Gasteiger partial charge in [-0.1, -0.05) is 13.8 Å². The summed E-state index contributed by atoms with van der Waals surface area (Å²) in [6.45, 7) is 9.31. The molecule has 3 atom stereocenters. The first-order valence-electron chi connectivity index (χ1n) is 6.87. The van der Waals surface area contributed by atoms with Crippen LogP contribution in [0.3, 0.4) is 0 Å². The first kappa shape index (κ1) is 13.8. The summed E-state index contributed by atoms with van der Waals surface area (Å²) in [5, 5.41) is 9.43. The van der Waals surface area contributed by atoms with Crippen molar-refractivity contribution in [2.24, 2.45) is 11.8 Å². The maximum Gasteiger partial charge on any atom is 0.339 e. The van der Waals surface area contributed by atoms with Crippen LogP contribution in [0.5, 0.6) is 0 Å². The van der Waals surface area contributed by atoms with E-state index in [9.17, 15) is 9.90 Å². The first-order chi connectivity index (χ1) is 8.91. The Bertz CT molecular complexity index is 487. The highest BCUT2D eigenvalue weighted by molar-refractivity contribution is 5.95. The minimum Gasteiger partial charge on any atom is -0.478 e. The molecule has 1 saturated heterocycles. The molecule has 0 aromatic carbocycles. The molecule has 2 heterocycles. The van der Waals surface area contributed by atoms with E-state index in [1.165, 1.54) is 6.42 Å². The number of nitrogens with zero attached hydrogens (tertiary/aromatic N) is 2. The predicted molar refractivity (Wildman–Crippen MR) is 75.7 cm³/mol. The lowest BCUT2D eigenvalue weighted by Gasteiger charge is -2.42. The number of carbonyl (C=O) groups is 1. The van der Waals surface area contributed by atoms with Crippen LogP contribution in [0.4, 0.5) is 5.82 Å². The first-order valence-corrected chi connectivity index (χ1v) is 6.87. The molecule has 2 rings (SSSR count). The SMILES string of the molecule is Cc1ccnc(N2CC(C)CC(C)C2C)c1C(=O)O. The van der Waals surface area contributed by atoms with Gasteiger partial charge in [0.25, 0.3) is 0 Å². The fraction of sp³-hybridized carbons (Fsp3) is 0.600. The number of piperidine rings is 1. The van der Waals surface area contributed by atoms with E-state index in [2.05, 4.69) is 30.7 Å². The second-order valence-corrected chi connectivity index (χ2v) is 5.84. The predicted octanol–water partition coefficient (Wildman–Crippen LogP) is 2.96. The summed E-state index contributed by atoms with van der Waals surface area (Å²) in [5.41, 5.74) is 1.12. The van der Waals surface area contributed by atoms with Crippen LogP contribution >= 0.6 is 0 Å². The third-order valence-corrected chi connectivity index (χ3v) is 4.22. The van der Waals surface area contributed by atoms with Crippen LogP contribution in [0.15, 0.2) is 12.3 Å². The van der Waals surface area contributed by atoms with Crippen molar-refractivity contribution in [2.45, 2.75) is 40.2 Å². The van der Waals surface area contributed by atoms with Gasteiger partial charge in [0.05, 0.1) is 0 Å². The lowest BCUT2D eigenvalue weighted by Crippen LogP contribution is -2.47. The molecule has 1 aromatic heterocycles. The van der Waals surface area contributed by atoms with Gasteiger partial charge in [0.1, 0.15) is 11.4 Å². The van der Waals surface area contributed by atoms with Gasteiger partial charge in [0.15, 0.2) is 0 Å². The Morgan fingerprint density at radius 1 is 1.42 bits per heavy atom. The third kappa shape index (κ3) is 2.57. The van der Waals surface area contributed by atoms with E-state index in [-0.39, 0.29) is 0 Å². The van der Waals surface area contributed by atoms with Crippen LogP contribution in [-0.2, 0) is 0 Å². The number of carboxylic acids is 1. The molecular formula is C15H22N2O2. The van der Waals surface area contributed by atoms with Gasteiger partial charge in [-0.05, 0) is 43.7 Å². The Kier molecular flexibility index (Phi) is 3.78. The van der Waals surface area contributed by atoms with E-state index in [1.807, 2.05) is 6.92 Å². The third-order valence-electron chi connectivity index (χ3n) is 4.22. The Morgan fingerprint density at radius 2 is 2.11 bits per heavy atom. The molecule has 0 radical (unpaired) electrons. The Hall–Kier alpha value is -1.58. The normalized spacial score (nSPS) is 27.4. The summed E-state index contributed by atoms with van der Waals surface area (Å²) in [6.07, 6.45) is 2.89. The molecule has 1 aliphatic heterocycles. The van der Waals surface area contributed by atoms with Gasteiger partial charge in [-0.25, -0.2) is 9.78 Å². The summed E-state index contributed by atoms with van der Waals surface area (Å²) >= 11 is 0. The minimum absolute atomic E-state index is 0.323. The number of pyridine rings is 1. The van der Waals surface area contributed by atoms with E-state index in [1.54, 1.807) is 12.3 Å². The zero-order valence-electron chi connectivity index (χ0n) is 12.1. The molecule has 19 heavy (non-hydrogen) atoms. The van der Waals surface area contributed by atoms with Crippen molar-refractivity contribution in [2.75, 3.05) is 11.4 Å². The Balaban J connectivity index is 2.46. The van der Waals surface area contributed by atoms with E-state index in [0.717, 1.165) is 12.1 Å². The van der Waals surface area contributed by atoms with Crippen LogP contribution in [0, 0.1) is 18.8 Å². The van der Waals surface area contributed by atoms with Gasteiger partial charge in [0, 0.05) is 18.8 Å². The minimum atomic E-state index is -0.890. The van der Waals surface area contributed by atoms with Crippen LogP contribution in [0.1, 0.15) is 43.1 Å². The highest BCUT2D eigenvalue weighted by atomic mass is 16.4. The van der Waals surface area contributed by atoms with Crippen LogP contribution in [0.2, 0.25) is 0 Å². The highest BCUT2D eigenvalue weighted by Gasteiger charge is 2.32. The van der Waals surface area contributed by atoms with Gasteiger partial charge in [-0.3, -0.25) is 0 Å². The van der Waals surface area contributed by atoms with Crippen molar-refractivity contribution in [1.29, 1.82) is 0 Å². The van der Waals surface area contributed by atoms with Crippen molar-refractivity contribution in [3.63, 3.8) is 0 Å². The maximum atomic E-state index is 11.5. The maximum absolute atomic E-state index is 11.5. The molecule has 3 unspecified atom stereocenters. The average molecular weight is 262 g/mol. The molecule has 4 nitrogen and oxygen atoms in total. The van der Waals surface area contributed by atoms with E-state index >= 15 is 0 Å². The lowest BCUT2D eigenvalue weighted by atomic mass is 9.85. The number of aromatic nitrogens is 1. The van der Waals surface area contributed by atoms with Crippen molar-refractivity contribution in [1.82, 2.24) is 4.98 Å². The molecule has 1 aromatic rings. The van der Waals surface area contributed by atoms with Gasteiger partial charge in [-0.15, -0.1) is 0 Å². The number of hydrogen-bond acceptors (Lipinski definition) is 3. The summed E-state index contributed by atoms with van der Waals surface area (Å²) in [5.74, 6) is 0.847. The number of aromatic carboxylic acids is 1. The topological polar surface area (TPSA) is 53.4 Å². The van der Waals surface area contributed by atoms with Crippen molar-refractivity contribution < 1.29 is 9.90 Å². The molecule has 0 bridgehead atoms. The number of carboxylic acid groups (broad SMARTS) is 1. The van der Waals surface area contributed by atoms with Crippen molar-refractivity contribution in [3.05, 3.63) is 23.4 Å². The number of aryl methyl sites for hydroxylation is 1. The molecule has 0 aliphatic carbocycles. The van der Waals surface area contributed by atoms with Crippen molar-refractivity contribution in [3.8, 4) is 0 Å². The smallest absolute Gasteiger partial charge is 0.339 e. The Morgan fingerprint density at radius 3 is 2.74 bits per heavy atom. The molecule has 104 valence electrons. The zero-order valence-corrected chi connectivity index (χ0v) is 12.1. The number of anilines is 1. The molecule has 4 heteroatoms. The Labute approximate surface area is 114 Å². The van der Waals surface area contributed by atoms with Crippen LogP contribution in [-0.4, -0.2) is 28.6 Å². The second-order valence-electron chi connectivity index (χ2n) is 5.84. The second kappa shape index (κ2) is 5.19. The average Bonchev–Trinajstić information content (AvgIpc) is 2.33. The summed E-state index contributed by atoms with van der Waals surface area (Å²) in [4.78, 5) is 18.0. The lowest BCUT2D eigenvalue weighted by molar-refractivity contribution is 0.0696. The quantitative estimate of drug-likeness (QED) is 0.890. The number of hydrogen-bond donors (Lipinski definition) is 1. The zero-order chi connectivity index (χ0) is 14.2. The molecule has 0 spiro atoms. The van der Waals surface area contributed by atoms with E-state index < -0.39 is 5.97 Å². The molecular weight excluding hydrogens is 240 g/mol. The van der Waals surface area contributed by atoms with E-state index in [0.29, 0.717) is 29.3 Å². The largest absolute Gasteiger partial charge is 0.478 e. The van der Waals surface area contributed by atoms with E-state index in [4.69, 9.17) is 0 Å².